The quantitative estimate of drug-likeness (QED) is 0.713. The van der Waals surface area contributed by atoms with Crippen LogP contribution >= 0.6 is 0 Å². The smallest absolute Gasteiger partial charge is 0.137 e. The van der Waals surface area contributed by atoms with Crippen molar-refractivity contribution in [2.75, 3.05) is 0 Å². The Bertz CT molecular complexity index is 328. The molecule has 80 valence electrons. The lowest BCUT2D eigenvalue weighted by molar-refractivity contribution is -0.119. The molecule has 0 amide bonds. The lowest BCUT2D eigenvalue weighted by atomic mass is 10.0. The molecule has 0 spiro atoms. The van der Waals surface area contributed by atoms with Gasteiger partial charge in [-0.15, -0.1) is 0 Å². The highest BCUT2D eigenvalue weighted by Crippen LogP contribution is 2.04. The summed E-state index contributed by atoms with van der Waals surface area (Å²) < 4.78 is 0. The van der Waals surface area contributed by atoms with Gasteiger partial charge in [0.1, 0.15) is 11.6 Å². The minimum atomic E-state index is 0.155. The fourth-order valence-corrected chi connectivity index (χ4v) is 1.45. The Balaban J connectivity index is 2.28. The van der Waals surface area contributed by atoms with Crippen molar-refractivity contribution < 1.29 is 9.59 Å². The molecule has 1 rings (SSSR count). The number of hydrogen-bond donors (Lipinski definition) is 0. The summed E-state index contributed by atoms with van der Waals surface area (Å²) in [5.74, 6) is 0.366. The van der Waals surface area contributed by atoms with Gasteiger partial charge in [-0.3, -0.25) is 4.79 Å². The first-order valence-electron chi connectivity index (χ1n) is 5.23. The summed E-state index contributed by atoms with van der Waals surface area (Å²) in [7, 11) is 0. The molecule has 2 nitrogen and oxygen atoms in total. The molecule has 0 radical (unpaired) electrons. The van der Waals surface area contributed by atoms with Gasteiger partial charge in [-0.25, -0.2) is 0 Å². The Kier molecular flexibility index (Phi) is 4.75. The van der Waals surface area contributed by atoms with Gasteiger partial charge in [-0.1, -0.05) is 30.3 Å². The molecule has 0 aliphatic heterocycles. The zero-order chi connectivity index (χ0) is 11.1. The summed E-state index contributed by atoms with van der Waals surface area (Å²) in [5.41, 5.74) is 1.05. The Morgan fingerprint density at radius 3 is 2.33 bits per heavy atom. The highest BCUT2D eigenvalue weighted by molar-refractivity contribution is 5.81. The van der Waals surface area contributed by atoms with E-state index >= 15 is 0 Å². The zero-order valence-corrected chi connectivity index (χ0v) is 9.03. The van der Waals surface area contributed by atoms with E-state index in [4.69, 9.17) is 0 Å². The molecule has 15 heavy (non-hydrogen) atoms. The van der Waals surface area contributed by atoms with Crippen molar-refractivity contribution in [1.82, 2.24) is 0 Å². The number of carbonyl (C=O) groups excluding carboxylic acids is 2. The van der Waals surface area contributed by atoms with Crippen molar-refractivity contribution in [1.29, 1.82) is 0 Å². The van der Waals surface area contributed by atoms with Crippen LogP contribution in [0.5, 0.6) is 0 Å². The van der Waals surface area contributed by atoms with Gasteiger partial charge in [0.05, 0.1) is 0 Å². The van der Waals surface area contributed by atoms with E-state index in [0.717, 1.165) is 5.56 Å². The van der Waals surface area contributed by atoms with Gasteiger partial charge >= 0.3 is 0 Å². The maximum absolute atomic E-state index is 11.5. The first kappa shape index (κ1) is 11.6. The summed E-state index contributed by atoms with van der Waals surface area (Å²) in [4.78, 5) is 22.2. The second-order valence-corrected chi connectivity index (χ2v) is 3.76. The van der Waals surface area contributed by atoms with E-state index in [1.54, 1.807) is 6.92 Å². The molecule has 0 aromatic heterocycles. The Morgan fingerprint density at radius 2 is 1.73 bits per heavy atom. The lowest BCUT2D eigenvalue weighted by Crippen LogP contribution is -2.03. The minimum Gasteiger partial charge on any atom is -0.300 e. The van der Waals surface area contributed by atoms with Crippen molar-refractivity contribution in [2.24, 2.45) is 0 Å². The van der Waals surface area contributed by atoms with E-state index in [-0.39, 0.29) is 11.6 Å². The summed E-state index contributed by atoms with van der Waals surface area (Å²) in [6.07, 6.45) is 2.19. The molecule has 0 unspecified atom stereocenters. The number of rotatable bonds is 6. The van der Waals surface area contributed by atoms with Gasteiger partial charge in [0.15, 0.2) is 0 Å². The van der Waals surface area contributed by atoms with Crippen LogP contribution in [-0.2, 0) is 16.0 Å². The SMILES string of the molecule is CC(=O)CCCC(=O)Cc1ccccc1. The molecule has 1 aromatic rings. The van der Waals surface area contributed by atoms with Gasteiger partial charge in [0.2, 0.25) is 0 Å². The van der Waals surface area contributed by atoms with Crippen molar-refractivity contribution in [3.05, 3.63) is 35.9 Å². The van der Waals surface area contributed by atoms with E-state index in [1.165, 1.54) is 0 Å². The van der Waals surface area contributed by atoms with Crippen molar-refractivity contribution in [2.45, 2.75) is 32.6 Å². The van der Waals surface area contributed by atoms with E-state index < -0.39 is 0 Å². The largest absolute Gasteiger partial charge is 0.300 e. The molecule has 0 saturated heterocycles. The van der Waals surface area contributed by atoms with E-state index in [2.05, 4.69) is 0 Å². The summed E-state index contributed by atoms with van der Waals surface area (Å²) in [6.45, 7) is 1.56. The predicted octanol–water partition coefficient (Wildman–Crippen LogP) is 2.56. The van der Waals surface area contributed by atoms with Gasteiger partial charge in [0.25, 0.3) is 0 Å². The summed E-state index contributed by atoms with van der Waals surface area (Å²) in [6, 6.07) is 9.69. The molecule has 0 saturated carbocycles. The second-order valence-electron chi connectivity index (χ2n) is 3.76. The van der Waals surface area contributed by atoms with Crippen molar-refractivity contribution >= 4 is 11.6 Å². The van der Waals surface area contributed by atoms with Crippen LogP contribution in [0.3, 0.4) is 0 Å². The first-order valence-corrected chi connectivity index (χ1v) is 5.23. The maximum atomic E-state index is 11.5. The first-order chi connectivity index (χ1) is 7.18. The monoisotopic (exact) mass is 204 g/mol. The van der Waals surface area contributed by atoms with Crippen LogP contribution < -0.4 is 0 Å². The summed E-state index contributed by atoms with van der Waals surface area (Å²) >= 11 is 0. The standard InChI is InChI=1S/C13H16O2/c1-11(14)6-5-9-13(15)10-12-7-3-2-4-8-12/h2-4,7-8H,5-6,9-10H2,1H3. The second kappa shape index (κ2) is 6.12. The average molecular weight is 204 g/mol. The van der Waals surface area contributed by atoms with Gasteiger partial charge in [0, 0.05) is 19.3 Å². The van der Waals surface area contributed by atoms with E-state index in [0.29, 0.717) is 25.7 Å². The molecular weight excluding hydrogens is 188 g/mol. The zero-order valence-electron chi connectivity index (χ0n) is 9.03. The normalized spacial score (nSPS) is 9.93. The van der Waals surface area contributed by atoms with Crippen LogP contribution in [0.2, 0.25) is 0 Å². The van der Waals surface area contributed by atoms with Crippen LogP contribution in [-0.4, -0.2) is 11.6 Å². The third kappa shape index (κ3) is 5.11. The number of Topliss-reactive ketones (excluding diaryl/α,β-unsaturated/α-hetero) is 2. The van der Waals surface area contributed by atoms with Crippen LogP contribution in [0.1, 0.15) is 31.7 Å². The Morgan fingerprint density at radius 1 is 1.07 bits per heavy atom. The molecule has 0 aliphatic carbocycles. The van der Waals surface area contributed by atoms with Crippen LogP contribution in [0, 0.1) is 0 Å². The minimum absolute atomic E-state index is 0.155. The number of hydrogen-bond acceptors (Lipinski definition) is 2. The number of carbonyl (C=O) groups is 2. The predicted molar refractivity (Wildman–Crippen MR) is 59.7 cm³/mol. The van der Waals surface area contributed by atoms with Gasteiger partial charge in [-0.05, 0) is 18.9 Å². The van der Waals surface area contributed by atoms with E-state index in [9.17, 15) is 9.59 Å². The fraction of sp³-hybridized carbons (Fsp3) is 0.385. The molecule has 2 heteroatoms. The van der Waals surface area contributed by atoms with Crippen molar-refractivity contribution in [3.8, 4) is 0 Å². The van der Waals surface area contributed by atoms with Crippen LogP contribution in [0.4, 0.5) is 0 Å². The topological polar surface area (TPSA) is 34.1 Å². The van der Waals surface area contributed by atoms with Gasteiger partial charge in [-0.2, -0.15) is 0 Å². The highest BCUT2D eigenvalue weighted by atomic mass is 16.1. The summed E-state index contributed by atoms with van der Waals surface area (Å²) in [5, 5.41) is 0. The molecule has 0 fully saturated rings. The molecule has 0 N–H and O–H groups in total. The molecule has 0 atom stereocenters. The molecule has 1 aromatic carbocycles. The molecule has 0 heterocycles. The number of ketones is 2. The molecule has 0 aliphatic rings. The van der Waals surface area contributed by atoms with Crippen molar-refractivity contribution in [3.63, 3.8) is 0 Å². The average Bonchev–Trinajstić information content (AvgIpc) is 2.18. The fourth-order valence-electron chi connectivity index (χ4n) is 1.45. The van der Waals surface area contributed by atoms with E-state index in [1.807, 2.05) is 30.3 Å². The molecule has 0 bridgehead atoms. The maximum Gasteiger partial charge on any atom is 0.137 e. The molecular formula is C13H16O2. The third-order valence-electron chi connectivity index (χ3n) is 2.23. The van der Waals surface area contributed by atoms with Crippen LogP contribution in [0.15, 0.2) is 30.3 Å². The lowest BCUT2D eigenvalue weighted by Gasteiger charge is -2.00. The Labute approximate surface area is 90.3 Å². The number of benzene rings is 1. The van der Waals surface area contributed by atoms with Crippen LogP contribution in [0.25, 0.3) is 0 Å². The van der Waals surface area contributed by atoms with Gasteiger partial charge < -0.3 is 4.79 Å². The Hall–Kier alpha value is -1.44. The highest BCUT2D eigenvalue weighted by Gasteiger charge is 2.03. The third-order valence-corrected chi connectivity index (χ3v) is 2.23.